The molecule has 0 N–H and O–H groups in total. The number of carbonyl (C=O) groups is 1. The minimum Gasteiger partial charge on any atom is -0.465 e. The van der Waals surface area contributed by atoms with Crippen molar-refractivity contribution in [1.29, 1.82) is 0 Å². The molecule has 0 radical (unpaired) electrons. The number of halogens is 3. The number of hydrogen-bond acceptors (Lipinski definition) is 2. The number of hydrogen-bond donors (Lipinski definition) is 0. The zero-order chi connectivity index (χ0) is 13.1. The van der Waals surface area contributed by atoms with Crippen LogP contribution in [0.25, 0.3) is 5.57 Å². The molecule has 0 unspecified atom stereocenters. The smallest absolute Gasteiger partial charge is 0.410 e. The summed E-state index contributed by atoms with van der Waals surface area (Å²) in [5, 5.41) is 0. The van der Waals surface area contributed by atoms with Crippen LogP contribution in [0.5, 0.6) is 0 Å². The molecular weight excluding hydrogens is 233 g/mol. The molecule has 2 nitrogen and oxygen atoms in total. The van der Waals surface area contributed by atoms with Crippen molar-refractivity contribution in [2.24, 2.45) is 0 Å². The predicted octanol–water partition coefficient (Wildman–Crippen LogP) is 3.11. The Balaban J connectivity index is 3.31. The number of methoxy groups -OCH3 is 1. The van der Waals surface area contributed by atoms with E-state index in [4.69, 9.17) is 0 Å². The second-order valence-corrected chi connectivity index (χ2v) is 3.41. The highest BCUT2D eigenvalue weighted by molar-refractivity contribution is 6.17. The van der Waals surface area contributed by atoms with E-state index in [0.29, 0.717) is 5.56 Å². The van der Waals surface area contributed by atoms with E-state index in [1.807, 2.05) is 0 Å². The van der Waals surface area contributed by atoms with Gasteiger partial charge in [-0.05, 0) is 18.1 Å². The highest BCUT2D eigenvalue weighted by Gasteiger charge is 2.28. The molecule has 0 aliphatic heterocycles. The molecule has 17 heavy (non-hydrogen) atoms. The molecule has 0 heterocycles. The molecular formula is C12H11F3O2. The van der Waals surface area contributed by atoms with Crippen molar-refractivity contribution >= 4 is 11.5 Å². The lowest BCUT2D eigenvalue weighted by Crippen LogP contribution is -2.11. The van der Waals surface area contributed by atoms with Crippen molar-refractivity contribution in [2.45, 2.75) is 13.1 Å². The van der Waals surface area contributed by atoms with Crippen LogP contribution < -0.4 is 0 Å². The van der Waals surface area contributed by atoms with Crippen LogP contribution in [0.1, 0.15) is 11.1 Å². The lowest BCUT2D eigenvalue weighted by Gasteiger charge is -2.10. The maximum absolute atomic E-state index is 12.3. The molecule has 92 valence electrons. The van der Waals surface area contributed by atoms with Gasteiger partial charge in [0.2, 0.25) is 0 Å². The first-order valence-electron chi connectivity index (χ1n) is 4.79. The molecule has 0 saturated heterocycles. The lowest BCUT2D eigenvalue weighted by molar-refractivity contribution is -0.134. The van der Waals surface area contributed by atoms with Crippen LogP contribution in [-0.2, 0) is 9.53 Å². The van der Waals surface area contributed by atoms with Crippen LogP contribution in [0, 0.1) is 6.92 Å². The number of rotatable bonds is 2. The van der Waals surface area contributed by atoms with Gasteiger partial charge in [-0.25, -0.2) is 4.79 Å². The molecule has 0 aromatic heterocycles. The van der Waals surface area contributed by atoms with E-state index in [2.05, 4.69) is 4.74 Å². The van der Waals surface area contributed by atoms with Crippen LogP contribution in [0.15, 0.2) is 30.3 Å². The normalized spacial score (nSPS) is 12.4. The van der Waals surface area contributed by atoms with Crippen molar-refractivity contribution in [3.63, 3.8) is 0 Å². The van der Waals surface area contributed by atoms with Crippen LogP contribution >= 0.6 is 0 Å². The number of benzene rings is 1. The third kappa shape index (κ3) is 3.62. The minimum absolute atomic E-state index is 0.0405. The molecule has 0 aliphatic carbocycles. The number of alkyl halides is 3. The number of esters is 1. The first-order chi connectivity index (χ1) is 7.85. The highest BCUT2D eigenvalue weighted by Crippen LogP contribution is 2.26. The van der Waals surface area contributed by atoms with E-state index >= 15 is 0 Å². The zero-order valence-corrected chi connectivity index (χ0v) is 9.34. The van der Waals surface area contributed by atoms with E-state index < -0.39 is 17.7 Å². The molecule has 0 saturated carbocycles. The Hall–Kier alpha value is -1.78. The minimum atomic E-state index is -4.56. The van der Waals surface area contributed by atoms with Gasteiger partial charge in [-0.1, -0.05) is 24.3 Å². The van der Waals surface area contributed by atoms with Crippen LogP contribution in [0.3, 0.4) is 0 Å². The number of aryl methyl sites for hydroxylation is 1. The lowest BCUT2D eigenvalue weighted by atomic mass is 10.0. The summed E-state index contributed by atoms with van der Waals surface area (Å²) >= 11 is 0. The average Bonchev–Trinajstić information content (AvgIpc) is 2.25. The van der Waals surface area contributed by atoms with Gasteiger partial charge in [0.15, 0.2) is 0 Å². The molecule has 1 aromatic carbocycles. The quantitative estimate of drug-likeness (QED) is 0.590. The standard InChI is InChI=1S/C12H11F3O2/c1-8-5-3-4-6-9(8)10(11(16)17-2)7-12(13,14)15/h3-7H,1-2H3/b10-7+. The summed E-state index contributed by atoms with van der Waals surface area (Å²) in [6, 6.07) is 6.32. The van der Waals surface area contributed by atoms with Gasteiger partial charge in [0.1, 0.15) is 0 Å². The summed E-state index contributed by atoms with van der Waals surface area (Å²) in [6.45, 7) is 1.63. The van der Waals surface area contributed by atoms with Crippen molar-refractivity contribution in [1.82, 2.24) is 0 Å². The van der Waals surface area contributed by atoms with E-state index in [-0.39, 0.29) is 11.6 Å². The number of allylic oxidation sites excluding steroid dienone is 1. The molecule has 0 amide bonds. The fraction of sp³-hybridized carbons (Fsp3) is 0.250. The van der Waals surface area contributed by atoms with Crippen LogP contribution in [-0.4, -0.2) is 19.3 Å². The van der Waals surface area contributed by atoms with Gasteiger partial charge in [0.05, 0.1) is 12.7 Å². The van der Waals surface area contributed by atoms with Crippen molar-refractivity contribution < 1.29 is 22.7 Å². The number of carbonyl (C=O) groups excluding carboxylic acids is 1. The molecule has 5 heteroatoms. The Bertz CT molecular complexity index is 447. The molecule has 0 aliphatic rings. The summed E-state index contributed by atoms with van der Waals surface area (Å²) < 4.78 is 41.4. The topological polar surface area (TPSA) is 26.3 Å². The zero-order valence-electron chi connectivity index (χ0n) is 9.34. The molecule has 0 fully saturated rings. The summed E-state index contributed by atoms with van der Waals surface area (Å²) in [6.07, 6.45) is -4.60. The molecule has 0 atom stereocenters. The SMILES string of the molecule is COC(=O)/C(=C/C(F)(F)F)c1ccccc1C. The van der Waals surface area contributed by atoms with Gasteiger partial charge in [0, 0.05) is 6.08 Å². The van der Waals surface area contributed by atoms with E-state index in [9.17, 15) is 18.0 Å². The Morgan fingerprint density at radius 2 is 1.88 bits per heavy atom. The highest BCUT2D eigenvalue weighted by atomic mass is 19.4. The van der Waals surface area contributed by atoms with Crippen molar-refractivity contribution in [2.75, 3.05) is 7.11 Å². The summed E-state index contributed by atoms with van der Waals surface area (Å²) in [4.78, 5) is 11.4. The maximum atomic E-state index is 12.3. The molecule has 1 aromatic rings. The van der Waals surface area contributed by atoms with Gasteiger partial charge in [-0.2, -0.15) is 13.2 Å². The Morgan fingerprint density at radius 1 is 1.29 bits per heavy atom. The fourth-order valence-electron chi connectivity index (χ4n) is 1.40. The van der Waals surface area contributed by atoms with Gasteiger partial charge in [-0.3, -0.25) is 0 Å². The third-order valence-electron chi connectivity index (χ3n) is 2.15. The van der Waals surface area contributed by atoms with Gasteiger partial charge < -0.3 is 4.74 Å². The van der Waals surface area contributed by atoms with Crippen molar-refractivity contribution in [3.8, 4) is 0 Å². The van der Waals surface area contributed by atoms with E-state index in [0.717, 1.165) is 7.11 Å². The average molecular weight is 244 g/mol. The van der Waals surface area contributed by atoms with Crippen LogP contribution in [0.4, 0.5) is 13.2 Å². The van der Waals surface area contributed by atoms with Gasteiger partial charge >= 0.3 is 12.1 Å². The second kappa shape index (κ2) is 5.03. The molecule has 1 rings (SSSR count). The molecule has 0 bridgehead atoms. The van der Waals surface area contributed by atoms with Gasteiger partial charge in [0.25, 0.3) is 0 Å². The summed E-state index contributed by atoms with van der Waals surface area (Å²) in [7, 11) is 1.05. The fourth-order valence-corrected chi connectivity index (χ4v) is 1.40. The molecule has 0 spiro atoms. The first kappa shape index (κ1) is 13.3. The summed E-state index contributed by atoms with van der Waals surface area (Å²) in [5.74, 6) is -1.00. The summed E-state index contributed by atoms with van der Waals surface area (Å²) in [5.41, 5.74) is 0.308. The Kier molecular flexibility index (Phi) is 3.93. The predicted molar refractivity (Wildman–Crippen MR) is 57.2 cm³/mol. The Morgan fingerprint density at radius 3 is 2.35 bits per heavy atom. The van der Waals surface area contributed by atoms with E-state index in [1.165, 1.54) is 6.07 Å². The van der Waals surface area contributed by atoms with E-state index in [1.54, 1.807) is 25.1 Å². The van der Waals surface area contributed by atoms with Crippen LogP contribution in [0.2, 0.25) is 0 Å². The largest absolute Gasteiger partial charge is 0.465 e. The van der Waals surface area contributed by atoms with Gasteiger partial charge in [-0.15, -0.1) is 0 Å². The third-order valence-corrected chi connectivity index (χ3v) is 2.15. The Labute approximate surface area is 96.7 Å². The number of ether oxygens (including phenoxy) is 1. The maximum Gasteiger partial charge on any atom is 0.410 e. The second-order valence-electron chi connectivity index (χ2n) is 3.41. The monoisotopic (exact) mass is 244 g/mol. The van der Waals surface area contributed by atoms with Crippen molar-refractivity contribution in [3.05, 3.63) is 41.5 Å². The first-order valence-corrected chi connectivity index (χ1v) is 4.79.